The van der Waals surface area contributed by atoms with Crippen LogP contribution in [0.4, 0.5) is 16.4 Å². The Balaban J connectivity index is 1.68. The van der Waals surface area contributed by atoms with E-state index in [4.69, 9.17) is 10.5 Å². The zero-order valence-corrected chi connectivity index (χ0v) is 15.8. The number of ether oxygens (including phenoxy) is 1. The number of nitrogens with one attached hydrogen (secondary N) is 2. The average Bonchev–Trinajstić information content (AvgIpc) is 2.60. The van der Waals surface area contributed by atoms with Gasteiger partial charge in [0.1, 0.15) is 5.03 Å². The predicted octanol–water partition coefficient (Wildman–Crippen LogP) is 3.47. The van der Waals surface area contributed by atoms with Crippen molar-refractivity contribution < 1.29 is 9.53 Å². The SMILES string of the molecule is NC(=O)Nc1ccc(Sc2nc(NC3CCOCC3)ncc2Br)cc1. The van der Waals surface area contributed by atoms with Crippen LogP contribution in [0.1, 0.15) is 12.8 Å². The standard InChI is InChI=1S/C16H18BrN5O2S/c17-13-9-19-16(21-11-5-7-24-8-6-11)22-14(13)25-12-3-1-10(2-4-12)20-15(18)23/h1-4,9,11H,5-8H2,(H3,18,20,23)(H,19,21,22). The van der Waals surface area contributed by atoms with Crippen molar-refractivity contribution >= 4 is 45.4 Å². The second-order valence-corrected chi connectivity index (χ2v) is 7.41. The van der Waals surface area contributed by atoms with E-state index in [9.17, 15) is 4.79 Å². The monoisotopic (exact) mass is 423 g/mol. The third-order valence-corrected chi connectivity index (χ3v) is 5.46. The predicted molar refractivity (Wildman–Crippen MR) is 101 cm³/mol. The number of halogens is 1. The molecule has 0 saturated carbocycles. The Morgan fingerprint density at radius 1 is 1.28 bits per heavy atom. The molecular weight excluding hydrogens is 406 g/mol. The summed E-state index contributed by atoms with van der Waals surface area (Å²) in [6, 6.07) is 7.15. The van der Waals surface area contributed by atoms with E-state index in [1.54, 1.807) is 18.3 Å². The topological polar surface area (TPSA) is 102 Å². The van der Waals surface area contributed by atoms with Crippen LogP contribution in [-0.4, -0.2) is 35.3 Å². The van der Waals surface area contributed by atoms with Crippen LogP contribution < -0.4 is 16.4 Å². The molecule has 0 spiro atoms. The molecule has 1 aromatic heterocycles. The van der Waals surface area contributed by atoms with Crippen LogP contribution in [0.5, 0.6) is 0 Å². The lowest BCUT2D eigenvalue weighted by Crippen LogP contribution is -2.28. The molecule has 1 aliphatic rings. The van der Waals surface area contributed by atoms with Gasteiger partial charge in [-0.3, -0.25) is 0 Å². The molecule has 7 nitrogen and oxygen atoms in total. The third kappa shape index (κ3) is 5.32. The van der Waals surface area contributed by atoms with Gasteiger partial charge in [0.25, 0.3) is 0 Å². The highest BCUT2D eigenvalue weighted by Crippen LogP contribution is 2.32. The molecule has 2 amide bonds. The van der Waals surface area contributed by atoms with Crippen molar-refractivity contribution in [2.24, 2.45) is 5.73 Å². The lowest BCUT2D eigenvalue weighted by Gasteiger charge is -2.23. The molecule has 1 saturated heterocycles. The number of benzene rings is 1. The third-order valence-electron chi connectivity index (χ3n) is 3.60. The van der Waals surface area contributed by atoms with E-state index in [-0.39, 0.29) is 0 Å². The molecule has 3 rings (SSSR count). The van der Waals surface area contributed by atoms with E-state index >= 15 is 0 Å². The van der Waals surface area contributed by atoms with Gasteiger partial charge in [-0.1, -0.05) is 11.8 Å². The van der Waals surface area contributed by atoms with Crippen molar-refractivity contribution in [2.45, 2.75) is 28.8 Å². The van der Waals surface area contributed by atoms with Crippen molar-refractivity contribution in [1.82, 2.24) is 9.97 Å². The van der Waals surface area contributed by atoms with Crippen LogP contribution in [0.25, 0.3) is 0 Å². The van der Waals surface area contributed by atoms with Crippen LogP contribution in [0, 0.1) is 0 Å². The van der Waals surface area contributed by atoms with Crippen molar-refractivity contribution in [3.05, 3.63) is 34.9 Å². The zero-order valence-electron chi connectivity index (χ0n) is 13.4. The summed E-state index contributed by atoms with van der Waals surface area (Å²) in [5.74, 6) is 0.615. The highest BCUT2D eigenvalue weighted by Gasteiger charge is 2.15. The fraction of sp³-hybridized carbons (Fsp3) is 0.312. The maximum atomic E-state index is 10.9. The Morgan fingerprint density at radius 2 is 2.00 bits per heavy atom. The van der Waals surface area contributed by atoms with Gasteiger partial charge in [-0.2, -0.15) is 0 Å². The van der Waals surface area contributed by atoms with Gasteiger partial charge in [-0.25, -0.2) is 14.8 Å². The van der Waals surface area contributed by atoms with Gasteiger partial charge in [0.15, 0.2) is 0 Å². The van der Waals surface area contributed by atoms with Crippen LogP contribution in [-0.2, 0) is 4.74 Å². The minimum absolute atomic E-state index is 0.340. The van der Waals surface area contributed by atoms with E-state index < -0.39 is 6.03 Å². The van der Waals surface area contributed by atoms with E-state index in [0.29, 0.717) is 17.7 Å². The Bertz CT molecular complexity index is 738. The first kappa shape index (κ1) is 18.0. The number of nitrogens with two attached hydrogens (primary N) is 1. The summed E-state index contributed by atoms with van der Waals surface area (Å²) in [6.07, 6.45) is 3.66. The fourth-order valence-electron chi connectivity index (χ4n) is 2.38. The average molecular weight is 424 g/mol. The van der Waals surface area contributed by atoms with Crippen molar-refractivity contribution in [3.8, 4) is 0 Å². The summed E-state index contributed by atoms with van der Waals surface area (Å²) in [5.41, 5.74) is 5.76. The van der Waals surface area contributed by atoms with Gasteiger partial charge in [0, 0.05) is 36.0 Å². The number of anilines is 2. The fourth-order valence-corrected chi connectivity index (χ4v) is 3.59. The quantitative estimate of drug-likeness (QED) is 0.636. The van der Waals surface area contributed by atoms with Gasteiger partial charge in [-0.05, 0) is 53.0 Å². The number of primary amides is 1. The van der Waals surface area contributed by atoms with Gasteiger partial charge in [0.05, 0.1) is 4.47 Å². The summed E-state index contributed by atoms with van der Waals surface area (Å²) in [4.78, 5) is 20.8. The summed E-state index contributed by atoms with van der Waals surface area (Å²) in [7, 11) is 0. The summed E-state index contributed by atoms with van der Waals surface area (Å²) in [5, 5.41) is 6.72. The summed E-state index contributed by atoms with van der Waals surface area (Å²) in [6.45, 7) is 1.53. The molecule has 0 radical (unpaired) electrons. The highest BCUT2D eigenvalue weighted by atomic mass is 79.9. The molecule has 0 aliphatic carbocycles. The summed E-state index contributed by atoms with van der Waals surface area (Å²) >= 11 is 5.00. The van der Waals surface area contributed by atoms with Crippen molar-refractivity contribution in [3.63, 3.8) is 0 Å². The van der Waals surface area contributed by atoms with Crippen molar-refractivity contribution in [2.75, 3.05) is 23.8 Å². The smallest absolute Gasteiger partial charge is 0.316 e. The number of hydrogen-bond acceptors (Lipinski definition) is 6. The lowest BCUT2D eigenvalue weighted by atomic mass is 10.1. The molecule has 132 valence electrons. The molecule has 25 heavy (non-hydrogen) atoms. The number of hydrogen-bond donors (Lipinski definition) is 3. The Hall–Kier alpha value is -1.84. The second kappa shape index (κ2) is 8.50. The molecule has 1 aliphatic heterocycles. The first-order valence-corrected chi connectivity index (χ1v) is 9.42. The number of rotatable bonds is 5. The molecule has 0 unspecified atom stereocenters. The number of aromatic nitrogens is 2. The molecule has 2 heterocycles. The van der Waals surface area contributed by atoms with Gasteiger partial charge < -0.3 is 21.1 Å². The number of nitrogens with zero attached hydrogens (tertiary/aromatic N) is 2. The van der Waals surface area contributed by atoms with Crippen LogP contribution in [0.2, 0.25) is 0 Å². The largest absolute Gasteiger partial charge is 0.381 e. The minimum Gasteiger partial charge on any atom is -0.381 e. The molecule has 4 N–H and O–H groups in total. The maximum Gasteiger partial charge on any atom is 0.316 e. The van der Waals surface area contributed by atoms with Gasteiger partial charge >= 0.3 is 6.03 Å². The number of carbonyl (C=O) groups excluding carboxylic acids is 1. The molecule has 2 aromatic rings. The van der Waals surface area contributed by atoms with E-state index in [1.165, 1.54) is 11.8 Å². The molecule has 0 bridgehead atoms. The number of amides is 2. The van der Waals surface area contributed by atoms with Crippen LogP contribution in [0.15, 0.2) is 44.9 Å². The first-order chi connectivity index (χ1) is 12.1. The Kier molecular flexibility index (Phi) is 6.11. The van der Waals surface area contributed by atoms with Crippen LogP contribution in [0.3, 0.4) is 0 Å². The van der Waals surface area contributed by atoms with E-state index in [0.717, 1.165) is 40.4 Å². The Morgan fingerprint density at radius 3 is 2.68 bits per heavy atom. The number of carbonyl (C=O) groups is 1. The summed E-state index contributed by atoms with van der Waals surface area (Å²) < 4.78 is 6.19. The first-order valence-electron chi connectivity index (χ1n) is 7.81. The molecular formula is C16H18BrN5O2S. The molecule has 0 atom stereocenters. The second-order valence-electron chi connectivity index (χ2n) is 5.49. The minimum atomic E-state index is -0.581. The highest BCUT2D eigenvalue weighted by molar-refractivity contribution is 9.10. The lowest BCUT2D eigenvalue weighted by molar-refractivity contribution is 0.0903. The van der Waals surface area contributed by atoms with Gasteiger partial charge in [0.2, 0.25) is 5.95 Å². The normalized spacial score (nSPS) is 14.9. The number of urea groups is 1. The molecule has 1 fully saturated rings. The van der Waals surface area contributed by atoms with E-state index in [1.807, 2.05) is 12.1 Å². The Labute approximate surface area is 158 Å². The maximum absolute atomic E-state index is 10.9. The molecule has 1 aromatic carbocycles. The van der Waals surface area contributed by atoms with E-state index in [2.05, 4.69) is 36.5 Å². The van der Waals surface area contributed by atoms with Crippen LogP contribution >= 0.6 is 27.7 Å². The van der Waals surface area contributed by atoms with Gasteiger partial charge in [-0.15, -0.1) is 0 Å². The zero-order chi connectivity index (χ0) is 17.6. The molecule has 9 heteroatoms. The van der Waals surface area contributed by atoms with Crippen molar-refractivity contribution in [1.29, 1.82) is 0 Å².